The molecular formula is C15H20N2O5S. The summed E-state index contributed by atoms with van der Waals surface area (Å²) in [5.74, 6) is -1.31. The van der Waals surface area contributed by atoms with E-state index in [9.17, 15) is 14.4 Å². The highest BCUT2D eigenvalue weighted by molar-refractivity contribution is 7.98. The maximum absolute atomic E-state index is 11.9. The summed E-state index contributed by atoms with van der Waals surface area (Å²) in [5.41, 5.74) is 0.329. The lowest BCUT2D eigenvalue weighted by atomic mass is 10.3. The van der Waals surface area contributed by atoms with E-state index in [1.54, 1.807) is 31.5 Å². The minimum absolute atomic E-state index is 0.237. The predicted molar refractivity (Wildman–Crippen MR) is 85.2 cm³/mol. The highest BCUT2D eigenvalue weighted by Gasteiger charge is 2.14. The number of hydrogen-bond donors (Lipinski definition) is 1. The van der Waals surface area contributed by atoms with Crippen LogP contribution in [0.25, 0.3) is 0 Å². The van der Waals surface area contributed by atoms with Crippen LogP contribution in [0.1, 0.15) is 30.1 Å². The first-order valence-corrected chi connectivity index (χ1v) is 8.39. The Labute approximate surface area is 139 Å². The van der Waals surface area contributed by atoms with Crippen LogP contribution >= 0.6 is 11.8 Å². The van der Waals surface area contributed by atoms with Gasteiger partial charge in [-0.25, -0.2) is 9.78 Å². The largest absolute Gasteiger partial charge is 0.466 e. The van der Waals surface area contributed by atoms with Crippen molar-refractivity contribution in [2.75, 3.05) is 26.0 Å². The van der Waals surface area contributed by atoms with Gasteiger partial charge < -0.3 is 14.8 Å². The summed E-state index contributed by atoms with van der Waals surface area (Å²) in [6, 6.07) is 3.23. The number of nitrogens with one attached hydrogen (secondary N) is 1. The fraction of sp³-hybridized carbons (Fsp3) is 0.467. The van der Waals surface area contributed by atoms with E-state index in [0.29, 0.717) is 30.2 Å². The van der Waals surface area contributed by atoms with Gasteiger partial charge >= 0.3 is 11.9 Å². The van der Waals surface area contributed by atoms with E-state index in [2.05, 4.69) is 10.3 Å². The van der Waals surface area contributed by atoms with Crippen LogP contribution < -0.4 is 5.32 Å². The molecule has 0 aliphatic carbocycles. The Balaban J connectivity index is 2.28. The number of amides is 1. The molecular weight excluding hydrogens is 320 g/mol. The molecule has 126 valence electrons. The lowest BCUT2D eigenvalue weighted by Gasteiger charge is -2.08. The van der Waals surface area contributed by atoms with E-state index in [1.165, 1.54) is 11.8 Å². The summed E-state index contributed by atoms with van der Waals surface area (Å²) < 4.78 is 9.72. The average Bonchev–Trinajstić information content (AvgIpc) is 2.56. The van der Waals surface area contributed by atoms with Gasteiger partial charge in [-0.1, -0.05) is 0 Å². The Morgan fingerprint density at radius 1 is 1.30 bits per heavy atom. The lowest BCUT2D eigenvalue weighted by Crippen LogP contribution is -2.30. The van der Waals surface area contributed by atoms with Crippen molar-refractivity contribution in [2.45, 2.75) is 24.8 Å². The second-order valence-corrected chi connectivity index (χ2v) is 5.19. The van der Waals surface area contributed by atoms with Gasteiger partial charge in [-0.3, -0.25) is 9.59 Å². The number of esters is 2. The van der Waals surface area contributed by atoms with Crippen molar-refractivity contribution in [2.24, 2.45) is 0 Å². The molecule has 0 aromatic carbocycles. The molecule has 0 spiro atoms. The van der Waals surface area contributed by atoms with Crippen molar-refractivity contribution in [1.82, 2.24) is 10.3 Å². The zero-order valence-electron chi connectivity index (χ0n) is 13.2. The van der Waals surface area contributed by atoms with Crippen LogP contribution in [-0.2, 0) is 19.1 Å². The first-order valence-electron chi connectivity index (χ1n) is 7.17. The van der Waals surface area contributed by atoms with E-state index < -0.39 is 11.9 Å². The molecule has 0 radical (unpaired) electrons. The Morgan fingerprint density at radius 2 is 2.09 bits per heavy atom. The molecule has 1 heterocycles. The van der Waals surface area contributed by atoms with E-state index >= 15 is 0 Å². The molecule has 0 aliphatic heterocycles. The number of nitrogens with zero attached hydrogens (tertiary/aromatic N) is 1. The second-order valence-electron chi connectivity index (χ2n) is 4.39. The smallest absolute Gasteiger partial charge is 0.341 e. The quantitative estimate of drug-likeness (QED) is 0.413. The van der Waals surface area contributed by atoms with Crippen molar-refractivity contribution < 1.29 is 23.9 Å². The number of carbonyl (C=O) groups excluding carboxylic acids is 3. The fourth-order valence-corrected chi connectivity index (χ4v) is 2.20. The van der Waals surface area contributed by atoms with Gasteiger partial charge in [0.05, 0.1) is 12.2 Å². The summed E-state index contributed by atoms with van der Waals surface area (Å²) in [5, 5.41) is 3.12. The summed E-state index contributed by atoms with van der Waals surface area (Å²) in [6.45, 7) is 2.02. The minimum Gasteiger partial charge on any atom is -0.466 e. The van der Waals surface area contributed by atoms with E-state index in [4.69, 9.17) is 9.47 Å². The van der Waals surface area contributed by atoms with Gasteiger partial charge in [-0.05, 0) is 31.7 Å². The Kier molecular flexibility index (Phi) is 8.74. The van der Waals surface area contributed by atoms with Crippen molar-refractivity contribution in [3.8, 4) is 0 Å². The standard InChI is InChI=1S/C15H20N2O5S/c1-3-21-13(19)7-5-8-16-12(18)10-22-15(20)11-6-4-9-17-14(11)23-2/h4,6,9H,3,5,7-8,10H2,1-2H3,(H,16,18). The van der Waals surface area contributed by atoms with E-state index in [0.717, 1.165) is 0 Å². The third-order valence-corrected chi connectivity index (χ3v) is 3.42. The SMILES string of the molecule is CCOC(=O)CCCNC(=O)COC(=O)c1cccnc1SC. The summed E-state index contributed by atoms with van der Waals surface area (Å²) >= 11 is 1.33. The number of thioether (sulfide) groups is 1. The predicted octanol–water partition coefficient (Wildman–Crippen LogP) is 1.42. The van der Waals surface area contributed by atoms with E-state index in [-0.39, 0.29) is 19.0 Å². The van der Waals surface area contributed by atoms with Crippen LogP contribution in [0.3, 0.4) is 0 Å². The average molecular weight is 340 g/mol. The van der Waals surface area contributed by atoms with Gasteiger partial charge in [0.2, 0.25) is 0 Å². The maximum atomic E-state index is 11.9. The molecule has 0 aliphatic rings. The molecule has 1 aromatic heterocycles. The Hall–Kier alpha value is -2.09. The third-order valence-electron chi connectivity index (χ3n) is 2.70. The minimum atomic E-state index is -0.593. The summed E-state index contributed by atoms with van der Waals surface area (Å²) in [7, 11) is 0. The Morgan fingerprint density at radius 3 is 2.78 bits per heavy atom. The molecule has 8 heteroatoms. The first kappa shape index (κ1) is 19.0. The van der Waals surface area contributed by atoms with Crippen LogP contribution in [0.4, 0.5) is 0 Å². The molecule has 23 heavy (non-hydrogen) atoms. The maximum Gasteiger partial charge on any atom is 0.341 e. The topological polar surface area (TPSA) is 94.6 Å². The molecule has 0 saturated heterocycles. The lowest BCUT2D eigenvalue weighted by molar-refractivity contribution is -0.143. The first-order chi connectivity index (χ1) is 11.1. The molecule has 0 fully saturated rings. The summed E-state index contributed by atoms with van der Waals surface area (Å²) in [6.07, 6.45) is 4.09. The van der Waals surface area contributed by atoms with Crippen LogP contribution in [0.5, 0.6) is 0 Å². The zero-order chi connectivity index (χ0) is 17.1. The van der Waals surface area contributed by atoms with Crippen LogP contribution in [-0.4, -0.2) is 48.8 Å². The fourth-order valence-electron chi connectivity index (χ4n) is 1.66. The molecule has 0 bridgehead atoms. The molecule has 0 unspecified atom stereocenters. The number of aromatic nitrogens is 1. The number of rotatable bonds is 9. The molecule has 1 rings (SSSR count). The second kappa shape index (κ2) is 10.6. The van der Waals surface area contributed by atoms with Crippen molar-refractivity contribution >= 4 is 29.6 Å². The third kappa shape index (κ3) is 7.14. The molecule has 0 saturated carbocycles. The van der Waals surface area contributed by atoms with E-state index in [1.807, 2.05) is 0 Å². The van der Waals surface area contributed by atoms with Gasteiger partial charge in [0.15, 0.2) is 6.61 Å². The molecule has 0 atom stereocenters. The normalized spacial score (nSPS) is 10.0. The molecule has 1 N–H and O–H groups in total. The van der Waals surface area contributed by atoms with Gasteiger partial charge in [-0.2, -0.15) is 0 Å². The molecule has 1 aromatic rings. The van der Waals surface area contributed by atoms with Crippen LogP contribution in [0.2, 0.25) is 0 Å². The Bertz CT molecular complexity index is 550. The monoisotopic (exact) mass is 340 g/mol. The van der Waals surface area contributed by atoms with Gasteiger partial charge in [0, 0.05) is 19.2 Å². The van der Waals surface area contributed by atoms with Crippen molar-refractivity contribution in [1.29, 1.82) is 0 Å². The van der Waals surface area contributed by atoms with Gasteiger partial charge in [0.25, 0.3) is 5.91 Å². The van der Waals surface area contributed by atoms with Crippen LogP contribution in [0, 0.1) is 0 Å². The number of ether oxygens (including phenoxy) is 2. The highest BCUT2D eigenvalue weighted by Crippen LogP contribution is 2.17. The molecule has 7 nitrogen and oxygen atoms in total. The van der Waals surface area contributed by atoms with Crippen molar-refractivity contribution in [3.63, 3.8) is 0 Å². The van der Waals surface area contributed by atoms with Gasteiger partial charge in [-0.15, -0.1) is 11.8 Å². The molecule has 1 amide bonds. The van der Waals surface area contributed by atoms with Gasteiger partial charge in [0.1, 0.15) is 5.03 Å². The highest BCUT2D eigenvalue weighted by atomic mass is 32.2. The van der Waals surface area contributed by atoms with Crippen molar-refractivity contribution in [3.05, 3.63) is 23.9 Å². The number of pyridine rings is 1. The number of carbonyl (C=O) groups is 3. The van der Waals surface area contributed by atoms with Crippen LogP contribution in [0.15, 0.2) is 23.4 Å². The zero-order valence-corrected chi connectivity index (χ0v) is 14.0. The summed E-state index contributed by atoms with van der Waals surface area (Å²) in [4.78, 5) is 38.6. The number of hydrogen-bond acceptors (Lipinski definition) is 7.